The molecule has 170 valence electrons. The number of rotatable bonds is 6. The molecule has 2 aromatic carbocycles. The van der Waals surface area contributed by atoms with E-state index in [9.17, 15) is 9.59 Å². The van der Waals surface area contributed by atoms with Crippen LogP contribution in [-0.2, 0) is 13.1 Å². The van der Waals surface area contributed by atoms with Crippen LogP contribution in [0.4, 0.5) is 0 Å². The Hall–Kier alpha value is -4.39. The Morgan fingerprint density at radius 1 is 0.853 bits per heavy atom. The highest BCUT2D eigenvalue weighted by molar-refractivity contribution is 5.81. The molecule has 0 atom stereocenters. The summed E-state index contributed by atoms with van der Waals surface area (Å²) in [6.45, 7) is 2.61. The fourth-order valence-electron chi connectivity index (χ4n) is 4.27. The van der Waals surface area contributed by atoms with Gasteiger partial charge in [-0.25, -0.2) is 4.98 Å². The predicted molar refractivity (Wildman–Crippen MR) is 132 cm³/mol. The lowest BCUT2D eigenvalue weighted by molar-refractivity contribution is 0.414. The van der Waals surface area contributed by atoms with Gasteiger partial charge in [-0.15, -0.1) is 0 Å². The molecule has 0 aliphatic heterocycles. The first-order chi connectivity index (χ1) is 16.6. The van der Waals surface area contributed by atoms with E-state index in [1.807, 2.05) is 78.3 Å². The molecule has 0 bridgehead atoms. The molecule has 0 aliphatic rings. The Kier molecular flexibility index (Phi) is 5.59. The minimum Gasteiger partial charge on any atom is -0.497 e. The monoisotopic (exact) mass is 452 g/mol. The van der Waals surface area contributed by atoms with Gasteiger partial charge >= 0.3 is 0 Å². The Balaban J connectivity index is 1.71. The number of benzene rings is 2. The van der Waals surface area contributed by atoms with Crippen molar-refractivity contribution < 1.29 is 4.74 Å². The SMILES string of the molecule is COc1ccc(Cn2c(C)c3c(=O)n(-c4ccccn4)n(Cc4ccccc4)c3cc2=O)cc1. The lowest BCUT2D eigenvalue weighted by Crippen LogP contribution is -2.24. The third-order valence-electron chi connectivity index (χ3n) is 6.02. The van der Waals surface area contributed by atoms with E-state index in [-0.39, 0.29) is 11.1 Å². The summed E-state index contributed by atoms with van der Waals surface area (Å²) in [7, 11) is 1.62. The molecule has 3 aromatic heterocycles. The second kappa shape index (κ2) is 8.86. The van der Waals surface area contributed by atoms with Crippen LogP contribution in [0.25, 0.3) is 16.7 Å². The van der Waals surface area contributed by atoms with Gasteiger partial charge in [0.25, 0.3) is 11.1 Å². The van der Waals surface area contributed by atoms with Gasteiger partial charge in [-0.1, -0.05) is 48.5 Å². The topological polar surface area (TPSA) is 71.0 Å². The van der Waals surface area contributed by atoms with Crippen LogP contribution in [0.3, 0.4) is 0 Å². The van der Waals surface area contributed by atoms with Gasteiger partial charge in [-0.05, 0) is 42.3 Å². The average Bonchev–Trinajstić information content (AvgIpc) is 3.14. The quantitative estimate of drug-likeness (QED) is 0.393. The Bertz CT molecular complexity index is 1560. The summed E-state index contributed by atoms with van der Waals surface area (Å²) in [5.41, 5.74) is 2.81. The van der Waals surface area contributed by atoms with E-state index in [4.69, 9.17) is 4.74 Å². The van der Waals surface area contributed by atoms with Gasteiger partial charge in [-0.2, -0.15) is 4.68 Å². The standard InChI is InChI=1S/C27H24N4O3/c1-19-26-23(16-25(32)29(19)17-21-11-13-22(34-2)14-12-21)30(18-20-8-4-3-5-9-20)31(27(26)33)24-10-6-7-15-28-24/h3-16H,17-18H2,1-2H3. The predicted octanol–water partition coefficient (Wildman–Crippen LogP) is 3.76. The molecule has 0 amide bonds. The molecule has 0 saturated carbocycles. The summed E-state index contributed by atoms with van der Waals surface area (Å²) in [6.07, 6.45) is 1.65. The molecule has 7 heteroatoms. The number of pyridine rings is 2. The second-order valence-electron chi connectivity index (χ2n) is 8.11. The molecular weight excluding hydrogens is 428 g/mol. The van der Waals surface area contributed by atoms with Gasteiger partial charge in [0.15, 0.2) is 5.82 Å². The number of fused-ring (bicyclic) bond motifs is 1. The fraction of sp³-hybridized carbons (Fsp3) is 0.148. The molecule has 0 radical (unpaired) electrons. The first-order valence-corrected chi connectivity index (χ1v) is 11.0. The van der Waals surface area contributed by atoms with Crippen LogP contribution in [0.15, 0.2) is 94.6 Å². The highest BCUT2D eigenvalue weighted by Crippen LogP contribution is 2.19. The number of hydrogen-bond donors (Lipinski definition) is 0. The highest BCUT2D eigenvalue weighted by atomic mass is 16.5. The van der Waals surface area contributed by atoms with Crippen molar-refractivity contribution in [3.63, 3.8) is 0 Å². The van der Waals surface area contributed by atoms with Crippen molar-refractivity contribution in [2.75, 3.05) is 7.11 Å². The minimum absolute atomic E-state index is 0.166. The van der Waals surface area contributed by atoms with Gasteiger partial charge < -0.3 is 9.30 Å². The Morgan fingerprint density at radius 3 is 2.24 bits per heavy atom. The molecule has 0 N–H and O–H groups in total. The zero-order valence-electron chi connectivity index (χ0n) is 19.0. The third-order valence-corrected chi connectivity index (χ3v) is 6.02. The lowest BCUT2D eigenvalue weighted by Gasteiger charge is -2.13. The summed E-state index contributed by atoms with van der Waals surface area (Å²) >= 11 is 0. The molecule has 0 saturated heterocycles. The third kappa shape index (κ3) is 3.81. The number of aryl methyl sites for hydroxylation is 1. The molecule has 0 aliphatic carbocycles. The van der Waals surface area contributed by atoms with Gasteiger partial charge in [0, 0.05) is 18.0 Å². The molecule has 5 aromatic rings. The van der Waals surface area contributed by atoms with E-state index in [0.29, 0.717) is 35.5 Å². The Morgan fingerprint density at radius 2 is 1.56 bits per heavy atom. The van der Waals surface area contributed by atoms with E-state index in [2.05, 4.69) is 4.98 Å². The van der Waals surface area contributed by atoms with Crippen molar-refractivity contribution in [2.24, 2.45) is 0 Å². The summed E-state index contributed by atoms with van der Waals surface area (Å²) in [5.74, 6) is 1.26. The highest BCUT2D eigenvalue weighted by Gasteiger charge is 2.20. The summed E-state index contributed by atoms with van der Waals surface area (Å²) in [5, 5.41) is 0.509. The molecule has 34 heavy (non-hydrogen) atoms. The Labute approximate surface area is 196 Å². The van der Waals surface area contributed by atoms with Crippen molar-refractivity contribution in [3.05, 3.63) is 123 Å². The zero-order chi connectivity index (χ0) is 23.7. The maximum absolute atomic E-state index is 13.7. The molecule has 7 nitrogen and oxygen atoms in total. The van der Waals surface area contributed by atoms with Gasteiger partial charge in [0.1, 0.15) is 5.75 Å². The molecule has 0 unspecified atom stereocenters. The number of ether oxygens (including phenoxy) is 1. The van der Waals surface area contributed by atoms with E-state index < -0.39 is 0 Å². The summed E-state index contributed by atoms with van der Waals surface area (Å²) in [6, 6.07) is 24.4. The zero-order valence-corrected chi connectivity index (χ0v) is 19.0. The van der Waals surface area contributed by atoms with Crippen molar-refractivity contribution in [1.29, 1.82) is 0 Å². The second-order valence-corrected chi connectivity index (χ2v) is 8.11. The van der Waals surface area contributed by atoms with Gasteiger partial charge in [0.05, 0.1) is 31.1 Å². The van der Waals surface area contributed by atoms with Crippen LogP contribution in [-0.4, -0.2) is 26.0 Å². The largest absolute Gasteiger partial charge is 0.497 e. The number of methoxy groups -OCH3 is 1. The number of aromatic nitrogens is 4. The molecular formula is C27H24N4O3. The van der Waals surface area contributed by atoms with Crippen molar-refractivity contribution in [2.45, 2.75) is 20.0 Å². The van der Waals surface area contributed by atoms with Crippen molar-refractivity contribution >= 4 is 10.9 Å². The van der Waals surface area contributed by atoms with E-state index in [1.54, 1.807) is 34.7 Å². The first kappa shape index (κ1) is 21.5. The van der Waals surface area contributed by atoms with E-state index in [1.165, 1.54) is 0 Å². The van der Waals surface area contributed by atoms with Gasteiger partial charge in [0.2, 0.25) is 0 Å². The summed E-state index contributed by atoms with van der Waals surface area (Å²) < 4.78 is 10.3. The van der Waals surface area contributed by atoms with Crippen LogP contribution in [0.2, 0.25) is 0 Å². The lowest BCUT2D eigenvalue weighted by atomic mass is 10.2. The van der Waals surface area contributed by atoms with Crippen LogP contribution < -0.4 is 15.9 Å². The minimum atomic E-state index is -0.203. The average molecular weight is 453 g/mol. The maximum atomic E-state index is 13.7. The normalized spacial score (nSPS) is 11.1. The van der Waals surface area contributed by atoms with Crippen LogP contribution in [0, 0.1) is 6.92 Å². The molecule has 5 rings (SSSR count). The van der Waals surface area contributed by atoms with E-state index in [0.717, 1.165) is 16.9 Å². The number of nitrogens with zero attached hydrogens (tertiary/aromatic N) is 4. The van der Waals surface area contributed by atoms with Crippen molar-refractivity contribution in [1.82, 2.24) is 18.9 Å². The number of hydrogen-bond acceptors (Lipinski definition) is 4. The smallest absolute Gasteiger partial charge is 0.282 e. The molecule has 0 spiro atoms. The van der Waals surface area contributed by atoms with E-state index >= 15 is 0 Å². The maximum Gasteiger partial charge on any atom is 0.282 e. The van der Waals surface area contributed by atoms with Gasteiger partial charge in [-0.3, -0.25) is 14.3 Å². The molecule has 0 fully saturated rings. The molecule has 3 heterocycles. The fourth-order valence-corrected chi connectivity index (χ4v) is 4.27. The van der Waals surface area contributed by atoms with Crippen LogP contribution >= 0.6 is 0 Å². The summed E-state index contributed by atoms with van der Waals surface area (Å²) in [4.78, 5) is 31.4. The van der Waals surface area contributed by atoms with Crippen LogP contribution in [0.1, 0.15) is 16.8 Å². The first-order valence-electron chi connectivity index (χ1n) is 11.0. The van der Waals surface area contributed by atoms with Crippen LogP contribution in [0.5, 0.6) is 5.75 Å². The van der Waals surface area contributed by atoms with Crippen molar-refractivity contribution in [3.8, 4) is 11.6 Å².